The molecule has 2 nitrogen and oxygen atoms in total. The van der Waals surface area contributed by atoms with Gasteiger partial charge in [-0.2, -0.15) is 0 Å². The van der Waals surface area contributed by atoms with Gasteiger partial charge in [0.2, 0.25) is 0 Å². The van der Waals surface area contributed by atoms with Gasteiger partial charge in [0.25, 0.3) is 0 Å². The van der Waals surface area contributed by atoms with Crippen LogP contribution >= 0.6 is 11.6 Å². The predicted octanol–water partition coefficient (Wildman–Crippen LogP) is 3.48. The molecule has 1 rings (SSSR count). The van der Waals surface area contributed by atoms with Gasteiger partial charge in [-0.25, -0.2) is 0 Å². The van der Waals surface area contributed by atoms with Gasteiger partial charge < -0.3 is 10.5 Å². The molecule has 2 unspecified atom stereocenters. The van der Waals surface area contributed by atoms with Crippen LogP contribution in [0.25, 0.3) is 0 Å². The highest BCUT2D eigenvalue weighted by Crippen LogP contribution is 2.17. The second-order valence-electron chi connectivity index (χ2n) is 4.28. The van der Waals surface area contributed by atoms with Gasteiger partial charge in [0, 0.05) is 11.1 Å². The highest BCUT2D eigenvalue weighted by atomic mass is 35.5. The van der Waals surface area contributed by atoms with Crippen molar-refractivity contribution in [1.82, 2.24) is 0 Å². The van der Waals surface area contributed by atoms with Crippen LogP contribution in [-0.2, 0) is 0 Å². The second kappa shape index (κ2) is 6.77. The van der Waals surface area contributed by atoms with E-state index < -0.39 is 0 Å². The van der Waals surface area contributed by atoms with Gasteiger partial charge in [-0.15, -0.1) is 0 Å². The van der Waals surface area contributed by atoms with Crippen LogP contribution < -0.4 is 10.5 Å². The molecule has 0 spiro atoms. The van der Waals surface area contributed by atoms with E-state index in [0.29, 0.717) is 17.5 Å². The summed E-state index contributed by atoms with van der Waals surface area (Å²) in [5.74, 6) is 1.44. The van der Waals surface area contributed by atoms with Gasteiger partial charge in [-0.1, -0.05) is 37.9 Å². The summed E-state index contributed by atoms with van der Waals surface area (Å²) in [5, 5.41) is 0.688. The maximum Gasteiger partial charge on any atom is 0.120 e. The van der Waals surface area contributed by atoms with Crippen molar-refractivity contribution in [3.05, 3.63) is 29.3 Å². The second-order valence-corrected chi connectivity index (χ2v) is 4.71. The molecule has 0 radical (unpaired) electrons. The molecule has 0 amide bonds. The average Bonchev–Trinajstić information content (AvgIpc) is 2.26. The molecule has 0 saturated heterocycles. The largest absolute Gasteiger partial charge is 0.492 e. The van der Waals surface area contributed by atoms with Gasteiger partial charge in [-0.05, 0) is 30.5 Å². The minimum absolute atomic E-state index is 0.0916. The van der Waals surface area contributed by atoms with Gasteiger partial charge >= 0.3 is 0 Å². The Balaban J connectivity index is 2.34. The Morgan fingerprint density at radius 2 is 2.19 bits per heavy atom. The first-order valence-corrected chi connectivity index (χ1v) is 6.13. The molecule has 1 aromatic rings. The molecular weight excluding hydrogens is 222 g/mol. The molecule has 90 valence electrons. The lowest BCUT2D eigenvalue weighted by Gasteiger charge is -2.16. The van der Waals surface area contributed by atoms with Crippen molar-refractivity contribution in [2.45, 2.75) is 32.7 Å². The van der Waals surface area contributed by atoms with Crippen molar-refractivity contribution in [2.75, 3.05) is 6.61 Å². The monoisotopic (exact) mass is 241 g/mol. The highest BCUT2D eigenvalue weighted by molar-refractivity contribution is 6.30. The van der Waals surface area contributed by atoms with Crippen LogP contribution in [0.15, 0.2) is 24.3 Å². The maximum atomic E-state index is 5.98. The number of rotatable bonds is 6. The van der Waals surface area contributed by atoms with Crippen molar-refractivity contribution in [3.63, 3.8) is 0 Å². The van der Waals surface area contributed by atoms with E-state index in [2.05, 4.69) is 13.8 Å². The number of ether oxygens (including phenoxy) is 1. The Morgan fingerprint density at radius 3 is 2.81 bits per heavy atom. The van der Waals surface area contributed by atoms with E-state index in [1.807, 2.05) is 18.2 Å². The smallest absolute Gasteiger partial charge is 0.120 e. The molecule has 0 bridgehead atoms. The molecule has 0 aliphatic heterocycles. The fourth-order valence-corrected chi connectivity index (χ4v) is 1.69. The standard InChI is InChI=1S/C13H20ClNO/c1-3-10(2)7-12(15)9-16-13-6-4-5-11(14)8-13/h4-6,8,10,12H,3,7,9,15H2,1-2H3. The zero-order valence-corrected chi connectivity index (χ0v) is 10.7. The van der Waals surface area contributed by atoms with Gasteiger partial charge in [0.05, 0.1) is 0 Å². The summed E-state index contributed by atoms with van der Waals surface area (Å²) < 4.78 is 5.58. The summed E-state index contributed by atoms with van der Waals surface area (Å²) >= 11 is 5.86. The molecule has 3 heteroatoms. The van der Waals surface area contributed by atoms with Gasteiger partial charge in [-0.3, -0.25) is 0 Å². The molecule has 0 aromatic heterocycles. The summed E-state index contributed by atoms with van der Waals surface area (Å²) in [6.07, 6.45) is 2.15. The first kappa shape index (κ1) is 13.3. The zero-order chi connectivity index (χ0) is 12.0. The lowest BCUT2D eigenvalue weighted by molar-refractivity contribution is 0.266. The number of hydrogen-bond donors (Lipinski definition) is 1. The van der Waals surface area contributed by atoms with Crippen molar-refractivity contribution < 1.29 is 4.74 Å². The minimum Gasteiger partial charge on any atom is -0.492 e. The Hall–Kier alpha value is -0.730. The molecular formula is C13H20ClNO. The first-order chi connectivity index (χ1) is 7.61. The third-order valence-electron chi connectivity index (χ3n) is 2.66. The van der Waals surface area contributed by atoms with Crippen molar-refractivity contribution >= 4 is 11.6 Å². The van der Waals surface area contributed by atoms with Crippen LogP contribution in [0.1, 0.15) is 26.7 Å². The number of hydrogen-bond acceptors (Lipinski definition) is 2. The van der Waals surface area contributed by atoms with E-state index in [1.54, 1.807) is 6.07 Å². The quantitative estimate of drug-likeness (QED) is 0.828. The van der Waals surface area contributed by atoms with Crippen molar-refractivity contribution in [1.29, 1.82) is 0 Å². The maximum absolute atomic E-state index is 5.98. The fraction of sp³-hybridized carbons (Fsp3) is 0.538. The van der Waals surface area contributed by atoms with Gasteiger partial charge in [0.15, 0.2) is 0 Å². The first-order valence-electron chi connectivity index (χ1n) is 5.75. The molecule has 0 aliphatic carbocycles. The SMILES string of the molecule is CCC(C)CC(N)COc1cccc(Cl)c1. The summed E-state index contributed by atoms with van der Waals surface area (Å²) in [5.41, 5.74) is 5.98. The lowest BCUT2D eigenvalue weighted by Crippen LogP contribution is -2.29. The van der Waals surface area contributed by atoms with E-state index in [1.165, 1.54) is 0 Å². The van der Waals surface area contributed by atoms with Crippen LogP contribution in [0.4, 0.5) is 0 Å². The van der Waals surface area contributed by atoms with Crippen LogP contribution in [0.2, 0.25) is 5.02 Å². The van der Waals surface area contributed by atoms with E-state index in [9.17, 15) is 0 Å². The molecule has 2 atom stereocenters. The molecule has 0 heterocycles. The van der Waals surface area contributed by atoms with Crippen LogP contribution in [0.5, 0.6) is 5.75 Å². The molecule has 1 aromatic carbocycles. The number of nitrogens with two attached hydrogens (primary N) is 1. The van der Waals surface area contributed by atoms with Crippen molar-refractivity contribution in [3.8, 4) is 5.75 Å². The average molecular weight is 242 g/mol. The Kier molecular flexibility index (Phi) is 5.64. The molecule has 0 saturated carbocycles. The summed E-state index contributed by atoms with van der Waals surface area (Å²) in [4.78, 5) is 0. The Bertz CT molecular complexity index is 317. The predicted molar refractivity (Wildman–Crippen MR) is 69.0 cm³/mol. The van der Waals surface area contributed by atoms with Crippen molar-refractivity contribution in [2.24, 2.45) is 11.7 Å². The molecule has 2 N–H and O–H groups in total. The third-order valence-corrected chi connectivity index (χ3v) is 2.90. The summed E-state index contributed by atoms with van der Waals surface area (Å²) in [6, 6.07) is 7.49. The Morgan fingerprint density at radius 1 is 1.44 bits per heavy atom. The number of halogens is 1. The van der Waals surface area contributed by atoms with E-state index in [0.717, 1.165) is 18.6 Å². The Labute approximate surface area is 103 Å². The molecule has 0 fully saturated rings. The number of benzene rings is 1. The van der Waals surface area contributed by atoms with E-state index in [-0.39, 0.29) is 6.04 Å². The third kappa shape index (κ3) is 4.86. The highest BCUT2D eigenvalue weighted by Gasteiger charge is 2.08. The van der Waals surface area contributed by atoms with Crippen LogP contribution in [0, 0.1) is 5.92 Å². The van der Waals surface area contributed by atoms with Gasteiger partial charge in [0.1, 0.15) is 12.4 Å². The summed E-state index contributed by atoms with van der Waals surface area (Å²) in [7, 11) is 0. The molecule has 0 aliphatic rings. The summed E-state index contributed by atoms with van der Waals surface area (Å²) in [6.45, 7) is 4.93. The topological polar surface area (TPSA) is 35.2 Å². The van der Waals surface area contributed by atoms with E-state index in [4.69, 9.17) is 22.1 Å². The zero-order valence-electron chi connectivity index (χ0n) is 9.95. The normalized spacial score (nSPS) is 14.5. The van der Waals surface area contributed by atoms with Crippen LogP contribution in [-0.4, -0.2) is 12.6 Å². The van der Waals surface area contributed by atoms with Crippen LogP contribution in [0.3, 0.4) is 0 Å². The minimum atomic E-state index is 0.0916. The lowest BCUT2D eigenvalue weighted by atomic mass is 10.0. The van der Waals surface area contributed by atoms with E-state index >= 15 is 0 Å². The fourth-order valence-electron chi connectivity index (χ4n) is 1.51. The molecule has 16 heavy (non-hydrogen) atoms.